The number of nitrogens with zero attached hydrogens (tertiary/aromatic N) is 2. The first kappa shape index (κ1) is 16.4. The van der Waals surface area contributed by atoms with Gasteiger partial charge in [0, 0.05) is 6.54 Å². The molecule has 0 aliphatic heterocycles. The van der Waals surface area contributed by atoms with Gasteiger partial charge in [-0.2, -0.15) is 5.10 Å². The number of rotatable bonds is 6. The van der Waals surface area contributed by atoms with Crippen molar-refractivity contribution in [3.8, 4) is 5.75 Å². The van der Waals surface area contributed by atoms with Gasteiger partial charge in [0.05, 0.1) is 28.6 Å². The quantitative estimate of drug-likeness (QED) is 0.887. The van der Waals surface area contributed by atoms with Crippen LogP contribution in [-0.2, 0) is 16.6 Å². The molecular weight excluding hydrogens is 302 g/mol. The largest absolute Gasteiger partial charge is 0.494 e. The molecule has 1 aromatic heterocycles. The molecule has 0 radical (unpaired) electrons. The fourth-order valence-electron chi connectivity index (χ4n) is 2.23. The van der Waals surface area contributed by atoms with E-state index in [0.29, 0.717) is 30.3 Å². The summed E-state index contributed by atoms with van der Waals surface area (Å²) in [6, 6.07) is 6.35. The zero-order valence-corrected chi connectivity index (χ0v) is 14.1. The lowest BCUT2D eigenvalue weighted by atomic mass is 10.3. The smallest absolute Gasteiger partial charge is 0.262 e. The second-order valence-electron chi connectivity index (χ2n) is 4.87. The average Bonchev–Trinajstić information content (AvgIpc) is 2.75. The zero-order valence-electron chi connectivity index (χ0n) is 13.3. The second-order valence-corrected chi connectivity index (χ2v) is 6.55. The summed E-state index contributed by atoms with van der Waals surface area (Å²) in [5.74, 6) is 0.646. The van der Waals surface area contributed by atoms with E-state index in [9.17, 15) is 8.42 Å². The average molecular weight is 323 g/mol. The van der Waals surface area contributed by atoms with Gasteiger partial charge in [0.25, 0.3) is 10.0 Å². The number of aryl methyl sites for hydroxylation is 2. The molecule has 0 bridgehead atoms. The van der Waals surface area contributed by atoms with E-state index in [1.54, 1.807) is 23.7 Å². The number of anilines is 1. The maximum absolute atomic E-state index is 12.5. The van der Waals surface area contributed by atoms with Gasteiger partial charge in [0.15, 0.2) is 0 Å². The predicted molar refractivity (Wildman–Crippen MR) is 85.8 cm³/mol. The number of benzene rings is 1. The van der Waals surface area contributed by atoms with E-state index < -0.39 is 10.0 Å². The zero-order chi connectivity index (χ0) is 16.3. The minimum Gasteiger partial charge on any atom is -0.494 e. The van der Waals surface area contributed by atoms with Crippen LogP contribution in [-0.4, -0.2) is 24.8 Å². The summed E-state index contributed by atoms with van der Waals surface area (Å²) < 4.78 is 34.7. The topological polar surface area (TPSA) is 73.2 Å². The lowest BCUT2D eigenvalue weighted by Crippen LogP contribution is -2.14. The van der Waals surface area contributed by atoms with E-state index in [0.717, 1.165) is 5.69 Å². The van der Waals surface area contributed by atoms with E-state index in [-0.39, 0.29) is 4.90 Å². The van der Waals surface area contributed by atoms with E-state index in [2.05, 4.69) is 9.82 Å². The first-order valence-electron chi connectivity index (χ1n) is 7.18. The highest BCUT2D eigenvalue weighted by atomic mass is 32.2. The van der Waals surface area contributed by atoms with E-state index in [1.807, 2.05) is 20.8 Å². The molecule has 0 saturated carbocycles. The normalized spacial score (nSPS) is 11.5. The summed E-state index contributed by atoms with van der Waals surface area (Å²) >= 11 is 0. The number of sulfonamides is 1. The standard InChI is InChI=1S/C15H21N3O3S/c1-5-18-12(4)15(11(3)16-18)17-22(19,20)14-9-7-13(8-10-14)21-6-2/h7-10,17H,5-6H2,1-4H3. The minimum absolute atomic E-state index is 0.194. The molecule has 1 aromatic carbocycles. The van der Waals surface area contributed by atoms with Crippen LogP contribution in [0.15, 0.2) is 29.2 Å². The summed E-state index contributed by atoms with van der Waals surface area (Å²) in [5.41, 5.74) is 2.00. The number of ether oxygens (including phenoxy) is 1. The molecular formula is C15H21N3O3S. The summed E-state index contributed by atoms with van der Waals surface area (Å²) in [6.07, 6.45) is 0. The Morgan fingerprint density at radius 2 is 1.82 bits per heavy atom. The van der Waals surface area contributed by atoms with Crippen LogP contribution in [0.4, 0.5) is 5.69 Å². The third-order valence-electron chi connectivity index (χ3n) is 3.36. The van der Waals surface area contributed by atoms with E-state index >= 15 is 0 Å². The fraction of sp³-hybridized carbons (Fsp3) is 0.400. The van der Waals surface area contributed by atoms with Crippen LogP contribution in [0, 0.1) is 13.8 Å². The molecule has 1 N–H and O–H groups in total. The number of nitrogens with one attached hydrogen (secondary N) is 1. The lowest BCUT2D eigenvalue weighted by Gasteiger charge is -2.09. The fourth-order valence-corrected chi connectivity index (χ4v) is 3.40. The van der Waals surface area contributed by atoms with Crippen LogP contribution >= 0.6 is 0 Å². The molecule has 6 nitrogen and oxygen atoms in total. The highest BCUT2D eigenvalue weighted by molar-refractivity contribution is 7.92. The Bertz CT molecular complexity index is 749. The van der Waals surface area contributed by atoms with Crippen molar-refractivity contribution < 1.29 is 13.2 Å². The number of hydrogen-bond acceptors (Lipinski definition) is 4. The highest BCUT2D eigenvalue weighted by Gasteiger charge is 2.19. The van der Waals surface area contributed by atoms with Crippen LogP contribution in [0.25, 0.3) is 0 Å². The molecule has 0 atom stereocenters. The van der Waals surface area contributed by atoms with Gasteiger partial charge in [-0.15, -0.1) is 0 Å². The molecule has 0 spiro atoms. The van der Waals surface area contributed by atoms with E-state index in [1.165, 1.54) is 12.1 Å². The molecule has 120 valence electrons. The van der Waals surface area contributed by atoms with Gasteiger partial charge >= 0.3 is 0 Å². The molecule has 2 rings (SSSR count). The Morgan fingerprint density at radius 1 is 1.18 bits per heavy atom. The Kier molecular flexibility index (Phi) is 4.75. The number of hydrogen-bond donors (Lipinski definition) is 1. The predicted octanol–water partition coefficient (Wildman–Crippen LogP) is 2.72. The summed E-state index contributed by atoms with van der Waals surface area (Å²) in [6.45, 7) is 8.71. The molecule has 7 heteroatoms. The molecule has 0 aliphatic carbocycles. The third-order valence-corrected chi connectivity index (χ3v) is 4.73. The second kappa shape index (κ2) is 6.39. The summed E-state index contributed by atoms with van der Waals surface area (Å²) in [5, 5.41) is 4.31. The van der Waals surface area contributed by atoms with Crippen LogP contribution in [0.3, 0.4) is 0 Å². The Hall–Kier alpha value is -2.02. The van der Waals surface area contributed by atoms with Gasteiger partial charge in [-0.05, 0) is 52.0 Å². The molecule has 2 aromatic rings. The van der Waals surface area contributed by atoms with Gasteiger partial charge in [-0.3, -0.25) is 9.40 Å². The van der Waals surface area contributed by atoms with Crippen molar-refractivity contribution in [3.63, 3.8) is 0 Å². The lowest BCUT2D eigenvalue weighted by molar-refractivity contribution is 0.340. The van der Waals surface area contributed by atoms with Crippen molar-refractivity contribution in [2.45, 2.75) is 39.1 Å². The first-order chi connectivity index (χ1) is 10.4. The van der Waals surface area contributed by atoms with Crippen LogP contribution < -0.4 is 9.46 Å². The number of aromatic nitrogens is 2. The maximum Gasteiger partial charge on any atom is 0.262 e. The van der Waals surface area contributed by atoms with Crippen molar-refractivity contribution in [2.75, 3.05) is 11.3 Å². The van der Waals surface area contributed by atoms with Gasteiger partial charge in [-0.25, -0.2) is 8.42 Å². The van der Waals surface area contributed by atoms with Gasteiger partial charge < -0.3 is 4.74 Å². The molecule has 22 heavy (non-hydrogen) atoms. The van der Waals surface area contributed by atoms with Crippen molar-refractivity contribution in [1.82, 2.24) is 9.78 Å². The van der Waals surface area contributed by atoms with Crippen LogP contribution in [0.2, 0.25) is 0 Å². The van der Waals surface area contributed by atoms with Gasteiger partial charge in [0.2, 0.25) is 0 Å². The third kappa shape index (κ3) is 3.24. The maximum atomic E-state index is 12.5. The highest BCUT2D eigenvalue weighted by Crippen LogP contribution is 2.24. The molecule has 0 amide bonds. The Morgan fingerprint density at radius 3 is 2.32 bits per heavy atom. The van der Waals surface area contributed by atoms with Crippen molar-refractivity contribution >= 4 is 15.7 Å². The van der Waals surface area contributed by atoms with Crippen LogP contribution in [0.1, 0.15) is 25.2 Å². The summed E-state index contributed by atoms with van der Waals surface area (Å²) in [4.78, 5) is 0.194. The van der Waals surface area contributed by atoms with Gasteiger partial charge in [-0.1, -0.05) is 0 Å². The summed E-state index contributed by atoms with van der Waals surface area (Å²) in [7, 11) is -3.64. The monoisotopic (exact) mass is 323 g/mol. The minimum atomic E-state index is -3.64. The van der Waals surface area contributed by atoms with Crippen LogP contribution in [0.5, 0.6) is 5.75 Å². The molecule has 0 fully saturated rings. The van der Waals surface area contributed by atoms with Gasteiger partial charge in [0.1, 0.15) is 5.75 Å². The van der Waals surface area contributed by atoms with Crippen molar-refractivity contribution in [2.24, 2.45) is 0 Å². The van der Waals surface area contributed by atoms with E-state index in [4.69, 9.17) is 4.74 Å². The van der Waals surface area contributed by atoms with Crippen molar-refractivity contribution in [3.05, 3.63) is 35.7 Å². The molecule has 0 saturated heterocycles. The van der Waals surface area contributed by atoms with Crippen molar-refractivity contribution in [1.29, 1.82) is 0 Å². The SMILES string of the molecule is CCOc1ccc(S(=O)(=O)Nc2c(C)nn(CC)c2C)cc1. The molecule has 1 heterocycles. The molecule has 0 unspecified atom stereocenters. The molecule has 0 aliphatic rings. The first-order valence-corrected chi connectivity index (χ1v) is 8.67. The Balaban J connectivity index is 2.30. The Labute approximate surface area is 131 Å².